The number of benzene rings is 2. The van der Waals surface area contributed by atoms with Crippen LogP contribution in [0, 0.1) is 0 Å². The fourth-order valence-corrected chi connectivity index (χ4v) is 3.74. The van der Waals surface area contributed by atoms with Gasteiger partial charge >= 0.3 is 6.18 Å². The fourth-order valence-electron chi connectivity index (χ4n) is 2.66. The van der Waals surface area contributed by atoms with Gasteiger partial charge in [-0.25, -0.2) is 0 Å². The molecule has 0 bridgehead atoms. The molecule has 0 aromatic heterocycles. The normalized spacial score (nSPS) is 13.1. The van der Waals surface area contributed by atoms with Gasteiger partial charge in [0.1, 0.15) is 0 Å². The number of nitrogens with zero attached hydrogens (tertiary/aromatic N) is 1. The molecule has 1 heterocycles. The number of hydrogen-bond donors (Lipinski definition) is 1. The number of para-hydroxylation sites is 1. The van der Waals surface area contributed by atoms with Gasteiger partial charge in [-0.05, 0) is 50.3 Å². The lowest BCUT2D eigenvalue weighted by Gasteiger charge is -2.33. The molecule has 1 aliphatic heterocycles. The molecule has 7 heteroatoms. The fraction of sp³-hybridized carbons (Fsp3) is 0.294. The molecule has 24 heavy (non-hydrogen) atoms. The highest BCUT2D eigenvalue weighted by atomic mass is 35.5. The lowest BCUT2D eigenvalue weighted by molar-refractivity contribution is -0.137. The molecule has 0 radical (unpaired) electrons. The van der Waals surface area contributed by atoms with Crippen LogP contribution in [-0.2, 0) is 6.18 Å². The van der Waals surface area contributed by atoms with Crippen molar-refractivity contribution in [2.45, 2.75) is 22.4 Å². The Labute approximate surface area is 149 Å². The van der Waals surface area contributed by atoms with Gasteiger partial charge in [-0.1, -0.05) is 23.9 Å². The highest BCUT2D eigenvalue weighted by Crippen LogP contribution is 2.49. The summed E-state index contributed by atoms with van der Waals surface area (Å²) >= 11 is 1.52. The molecule has 0 unspecified atom stereocenters. The molecule has 3 rings (SSSR count). The number of alkyl halides is 3. The summed E-state index contributed by atoms with van der Waals surface area (Å²) in [6.07, 6.45) is -3.47. The van der Waals surface area contributed by atoms with E-state index in [2.05, 4.69) is 5.32 Å². The van der Waals surface area contributed by atoms with Gasteiger partial charge in [0, 0.05) is 16.3 Å². The molecule has 2 aromatic rings. The Balaban J connectivity index is 0.00000208. The second kappa shape index (κ2) is 7.68. The van der Waals surface area contributed by atoms with Crippen molar-refractivity contribution in [2.24, 2.45) is 0 Å². The predicted molar refractivity (Wildman–Crippen MR) is 94.8 cm³/mol. The highest BCUT2D eigenvalue weighted by molar-refractivity contribution is 7.99. The van der Waals surface area contributed by atoms with Crippen molar-refractivity contribution in [3.05, 3.63) is 48.0 Å². The SMILES string of the molecule is CNCCCN1c2ccccc2Sc2ccc(C(F)(F)F)cc21.Cl. The second-order valence-corrected chi connectivity index (χ2v) is 6.44. The first-order valence-corrected chi connectivity index (χ1v) is 8.22. The number of nitrogens with one attached hydrogen (secondary N) is 1. The minimum absolute atomic E-state index is 0. The number of anilines is 2. The lowest BCUT2D eigenvalue weighted by Crippen LogP contribution is -2.25. The summed E-state index contributed by atoms with van der Waals surface area (Å²) in [4.78, 5) is 3.93. The van der Waals surface area contributed by atoms with Crippen molar-refractivity contribution in [3.8, 4) is 0 Å². The van der Waals surface area contributed by atoms with Crippen molar-refractivity contribution >= 4 is 35.5 Å². The van der Waals surface area contributed by atoms with Crippen LogP contribution in [-0.4, -0.2) is 20.1 Å². The van der Waals surface area contributed by atoms with E-state index in [1.165, 1.54) is 17.8 Å². The minimum atomic E-state index is -4.33. The Hall–Kier alpha value is -1.37. The van der Waals surface area contributed by atoms with Gasteiger partial charge in [0.15, 0.2) is 0 Å². The molecule has 2 nitrogen and oxygen atoms in total. The predicted octanol–water partition coefficient (Wildman–Crippen LogP) is 5.34. The van der Waals surface area contributed by atoms with E-state index in [0.717, 1.165) is 34.5 Å². The van der Waals surface area contributed by atoms with Crippen LogP contribution in [0.2, 0.25) is 0 Å². The Morgan fingerprint density at radius 2 is 1.75 bits per heavy atom. The van der Waals surface area contributed by atoms with Crippen molar-refractivity contribution in [1.82, 2.24) is 5.32 Å². The van der Waals surface area contributed by atoms with Crippen LogP contribution in [0.1, 0.15) is 12.0 Å². The van der Waals surface area contributed by atoms with Crippen molar-refractivity contribution in [1.29, 1.82) is 0 Å². The summed E-state index contributed by atoms with van der Waals surface area (Å²) in [7, 11) is 1.87. The maximum Gasteiger partial charge on any atom is 0.416 e. The first-order valence-electron chi connectivity index (χ1n) is 7.41. The van der Waals surface area contributed by atoms with Crippen LogP contribution in [0.25, 0.3) is 0 Å². The van der Waals surface area contributed by atoms with Crippen molar-refractivity contribution in [3.63, 3.8) is 0 Å². The highest BCUT2D eigenvalue weighted by Gasteiger charge is 2.33. The van der Waals surface area contributed by atoms with Gasteiger partial charge in [-0.3, -0.25) is 0 Å². The molecule has 0 saturated heterocycles. The zero-order chi connectivity index (χ0) is 16.4. The minimum Gasteiger partial charge on any atom is -0.340 e. The molecule has 1 aliphatic rings. The van der Waals surface area contributed by atoms with E-state index in [-0.39, 0.29) is 12.4 Å². The molecular weight excluding hydrogens is 357 g/mol. The average Bonchev–Trinajstić information content (AvgIpc) is 2.53. The van der Waals surface area contributed by atoms with Crippen LogP contribution >= 0.6 is 24.2 Å². The molecule has 0 fully saturated rings. The first kappa shape index (κ1) is 19.0. The molecule has 0 aliphatic carbocycles. The maximum atomic E-state index is 13.1. The second-order valence-electron chi connectivity index (χ2n) is 5.36. The van der Waals surface area contributed by atoms with Crippen molar-refractivity contribution in [2.75, 3.05) is 25.0 Å². The summed E-state index contributed by atoms with van der Waals surface area (Å²) in [5.41, 5.74) is 1.01. The Bertz CT molecular complexity index is 706. The smallest absolute Gasteiger partial charge is 0.340 e. The summed E-state index contributed by atoms with van der Waals surface area (Å²) in [5.74, 6) is 0. The van der Waals surface area contributed by atoms with E-state index in [1.54, 1.807) is 6.07 Å². The molecule has 0 amide bonds. The first-order chi connectivity index (χ1) is 11.0. The van der Waals surface area contributed by atoms with Gasteiger partial charge in [0.25, 0.3) is 0 Å². The molecule has 0 saturated carbocycles. The van der Waals surface area contributed by atoms with Gasteiger partial charge in [0.2, 0.25) is 0 Å². The topological polar surface area (TPSA) is 15.3 Å². The van der Waals surface area contributed by atoms with Gasteiger partial charge < -0.3 is 10.2 Å². The van der Waals surface area contributed by atoms with E-state index in [1.807, 2.05) is 36.2 Å². The van der Waals surface area contributed by atoms with Crippen LogP contribution in [0.3, 0.4) is 0 Å². The molecule has 130 valence electrons. The Morgan fingerprint density at radius 3 is 2.46 bits per heavy atom. The third kappa shape index (κ3) is 3.82. The number of fused-ring (bicyclic) bond motifs is 2. The van der Waals surface area contributed by atoms with Crippen LogP contribution in [0.15, 0.2) is 52.3 Å². The van der Waals surface area contributed by atoms with E-state index in [0.29, 0.717) is 12.2 Å². The number of rotatable bonds is 4. The molecule has 0 atom stereocenters. The summed E-state index contributed by atoms with van der Waals surface area (Å²) in [6, 6.07) is 11.8. The summed E-state index contributed by atoms with van der Waals surface area (Å²) < 4.78 is 39.2. The molecule has 2 aromatic carbocycles. The van der Waals surface area contributed by atoms with E-state index in [9.17, 15) is 13.2 Å². The van der Waals surface area contributed by atoms with Crippen LogP contribution in [0.4, 0.5) is 24.5 Å². The third-order valence-electron chi connectivity index (χ3n) is 3.76. The van der Waals surface area contributed by atoms with E-state index in [4.69, 9.17) is 0 Å². The van der Waals surface area contributed by atoms with Gasteiger partial charge in [-0.15, -0.1) is 12.4 Å². The summed E-state index contributed by atoms with van der Waals surface area (Å²) in [5, 5.41) is 3.08. The Morgan fingerprint density at radius 1 is 1.04 bits per heavy atom. The maximum absolute atomic E-state index is 13.1. The summed E-state index contributed by atoms with van der Waals surface area (Å²) in [6.45, 7) is 1.49. The third-order valence-corrected chi connectivity index (χ3v) is 4.89. The quantitative estimate of drug-likeness (QED) is 0.727. The van der Waals surface area contributed by atoms with Crippen LogP contribution in [0.5, 0.6) is 0 Å². The van der Waals surface area contributed by atoms with Crippen molar-refractivity contribution < 1.29 is 13.2 Å². The van der Waals surface area contributed by atoms with Crippen LogP contribution < -0.4 is 10.2 Å². The van der Waals surface area contributed by atoms with E-state index >= 15 is 0 Å². The average molecular weight is 375 g/mol. The molecule has 0 spiro atoms. The molecule has 1 N–H and O–H groups in total. The molecular formula is C17H18ClF3N2S. The lowest BCUT2D eigenvalue weighted by atomic mass is 10.1. The zero-order valence-corrected chi connectivity index (χ0v) is 14.7. The Kier molecular flexibility index (Phi) is 6.06. The number of halogens is 4. The van der Waals surface area contributed by atoms with Gasteiger partial charge in [0.05, 0.1) is 16.9 Å². The zero-order valence-electron chi connectivity index (χ0n) is 13.1. The van der Waals surface area contributed by atoms with E-state index < -0.39 is 11.7 Å². The standard InChI is InChI=1S/C17H17F3N2S.ClH/c1-21-9-4-10-22-13-5-2-3-6-15(13)23-16-8-7-12(11-14(16)22)17(18,19)20;/h2-3,5-8,11,21H,4,9-10H2,1H3;1H. The number of hydrogen-bond acceptors (Lipinski definition) is 3. The largest absolute Gasteiger partial charge is 0.416 e. The monoisotopic (exact) mass is 374 g/mol. The van der Waals surface area contributed by atoms with Gasteiger partial charge in [-0.2, -0.15) is 13.2 Å².